The van der Waals surface area contributed by atoms with E-state index in [0.29, 0.717) is 24.1 Å². The lowest BCUT2D eigenvalue weighted by molar-refractivity contribution is -0.171. The van der Waals surface area contributed by atoms with Crippen molar-refractivity contribution in [3.05, 3.63) is 48.0 Å². The van der Waals surface area contributed by atoms with Crippen molar-refractivity contribution in [1.82, 2.24) is 0 Å². The molecule has 0 amide bonds. The number of rotatable bonds is 4. The van der Waals surface area contributed by atoms with Gasteiger partial charge in [-0.25, -0.2) is 9.59 Å². The number of aliphatic carboxylic acids is 2. The van der Waals surface area contributed by atoms with Crippen LogP contribution in [0.3, 0.4) is 0 Å². The molecule has 0 saturated heterocycles. The lowest BCUT2D eigenvalue weighted by atomic mass is 10.0. The number of carbonyl (C=O) groups is 2. The summed E-state index contributed by atoms with van der Waals surface area (Å²) in [6.07, 6.45) is 1.42. The van der Waals surface area contributed by atoms with Crippen LogP contribution in [0.25, 0.3) is 0 Å². The quantitative estimate of drug-likeness (QED) is 0.477. The van der Waals surface area contributed by atoms with Gasteiger partial charge in [-0.2, -0.15) is 0 Å². The van der Waals surface area contributed by atoms with Gasteiger partial charge in [0.05, 0.1) is 0 Å². The van der Waals surface area contributed by atoms with E-state index in [1.54, 1.807) is 31.2 Å². The molecule has 0 spiro atoms. The van der Waals surface area contributed by atoms with Crippen molar-refractivity contribution < 1.29 is 30.0 Å². The van der Waals surface area contributed by atoms with E-state index in [0.717, 1.165) is 0 Å². The molecule has 1 rings (SSSR count). The molecule has 0 fully saturated rings. The first-order valence-electron chi connectivity index (χ1n) is 5.43. The average molecular weight is 268 g/mol. The molecule has 0 atom stereocenters. The number of carboxylic acids is 2. The molecule has 0 radical (unpaired) electrons. The highest BCUT2D eigenvalue weighted by Crippen LogP contribution is 2.20. The first-order chi connectivity index (χ1) is 8.79. The van der Waals surface area contributed by atoms with Crippen LogP contribution >= 0.6 is 0 Å². The molecule has 6 nitrogen and oxygen atoms in total. The third-order valence-corrected chi connectivity index (χ3v) is 2.10. The van der Waals surface area contributed by atoms with Gasteiger partial charge < -0.3 is 20.4 Å². The molecule has 19 heavy (non-hydrogen) atoms. The van der Waals surface area contributed by atoms with Crippen LogP contribution in [0, 0.1) is 0 Å². The topological polar surface area (TPSA) is 115 Å². The van der Waals surface area contributed by atoms with Gasteiger partial charge in [0.25, 0.3) is 0 Å². The van der Waals surface area contributed by atoms with Crippen LogP contribution in [0.4, 0.5) is 0 Å². The van der Waals surface area contributed by atoms with E-state index in [1.807, 2.05) is 6.07 Å². The average Bonchev–Trinajstić information content (AvgIpc) is 2.38. The summed E-state index contributed by atoms with van der Waals surface area (Å²) in [7, 11) is 0. The molecule has 1 aromatic rings. The molecule has 1 aromatic carbocycles. The highest BCUT2D eigenvalue weighted by molar-refractivity contribution is 5.89. The predicted molar refractivity (Wildman–Crippen MR) is 67.3 cm³/mol. The monoisotopic (exact) mass is 268 g/mol. The number of benzene rings is 1. The summed E-state index contributed by atoms with van der Waals surface area (Å²) in [6, 6.07) is 8.81. The van der Waals surface area contributed by atoms with Crippen molar-refractivity contribution in [3.8, 4) is 0 Å². The lowest BCUT2D eigenvalue weighted by Gasteiger charge is -2.19. The molecule has 0 aliphatic carbocycles. The second kappa shape index (κ2) is 8.02. The zero-order valence-electron chi connectivity index (χ0n) is 10.4. The zero-order valence-corrected chi connectivity index (χ0v) is 10.4. The fourth-order valence-electron chi connectivity index (χ4n) is 1.05. The van der Waals surface area contributed by atoms with Gasteiger partial charge in [-0.15, -0.1) is 0 Å². The summed E-state index contributed by atoms with van der Waals surface area (Å²) < 4.78 is 0. The molecule has 0 aliphatic rings. The second-order valence-electron chi connectivity index (χ2n) is 3.55. The van der Waals surface area contributed by atoms with Gasteiger partial charge in [-0.1, -0.05) is 37.3 Å². The number of hydrogen-bond acceptors (Lipinski definition) is 4. The Labute approximate surface area is 110 Å². The molecule has 6 heteroatoms. The van der Waals surface area contributed by atoms with Crippen LogP contribution in [-0.2, 0) is 15.4 Å². The van der Waals surface area contributed by atoms with Crippen molar-refractivity contribution in [2.45, 2.75) is 19.1 Å². The Balaban J connectivity index is 0.000000362. The molecule has 104 valence electrons. The normalized spacial score (nSPS) is 10.7. The summed E-state index contributed by atoms with van der Waals surface area (Å²) in [6.45, 7) is 1.73. The smallest absolute Gasteiger partial charge is 0.328 e. The molecular formula is C13H16O6. The van der Waals surface area contributed by atoms with Crippen LogP contribution < -0.4 is 0 Å². The number of hydrogen-bond donors (Lipinski definition) is 4. The highest BCUT2D eigenvalue weighted by atomic mass is 16.5. The summed E-state index contributed by atoms with van der Waals surface area (Å²) in [4.78, 5) is 19.1. The minimum atomic E-state index is -1.67. The maximum Gasteiger partial charge on any atom is 0.328 e. The zero-order chi connectivity index (χ0) is 14.9. The van der Waals surface area contributed by atoms with E-state index < -0.39 is 17.7 Å². The van der Waals surface area contributed by atoms with E-state index in [4.69, 9.17) is 10.2 Å². The fraction of sp³-hybridized carbons (Fsp3) is 0.231. The fourth-order valence-corrected chi connectivity index (χ4v) is 1.05. The molecule has 4 N–H and O–H groups in total. The van der Waals surface area contributed by atoms with Gasteiger partial charge in [-0.3, -0.25) is 0 Å². The van der Waals surface area contributed by atoms with Gasteiger partial charge in [0.1, 0.15) is 0 Å². The maximum atomic E-state index is 9.55. The van der Waals surface area contributed by atoms with Gasteiger partial charge in [0, 0.05) is 24.1 Å². The largest absolute Gasteiger partial charge is 0.478 e. The van der Waals surface area contributed by atoms with E-state index in [9.17, 15) is 19.8 Å². The van der Waals surface area contributed by atoms with Crippen LogP contribution in [0.1, 0.15) is 18.9 Å². The molecular weight excluding hydrogens is 252 g/mol. The Morgan fingerprint density at radius 3 is 1.79 bits per heavy atom. The lowest BCUT2D eigenvalue weighted by Crippen LogP contribution is -2.23. The Kier molecular flexibility index (Phi) is 7.10. The maximum absolute atomic E-state index is 9.55. The Hall–Kier alpha value is -2.18. The van der Waals surface area contributed by atoms with Crippen molar-refractivity contribution in [2.24, 2.45) is 0 Å². The molecule has 0 unspecified atom stereocenters. The van der Waals surface area contributed by atoms with Gasteiger partial charge in [-0.05, 0) is 0 Å². The van der Waals surface area contributed by atoms with Gasteiger partial charge >= 0.3 is 11.9 Å². The van der Waals surface area contributed by atoms with Crippen LogP contribution in [0.15, 0.2) is 42.5 Å². The number of carboxylic acid groups (broad SMARTS) is 2. The van der Waals surface area contributed by atoms with Crippen LogP contribution in [0.5, 0.6) is 0 Å². The Morgan fingerprint density at radius 1 is 1.05 bits per heavy atom. The van der Waals surface area contributed by atoms with Crippen LogP contribution in [0.2, 0.25) is 0 Å². The van der Waals surface area contributed by atoms with E-state index in [2.05, 4.69) is 0 Å². The van der Waals surface area contributed by atoms with Gasteiger partial charge in [0.15, 0.2) is 5.79 Å². The minimum absolute atomic E-state index is 0.303. The Bertz CT molecular complexity index is 420. The van der Waals surface area contributed by atoms with E-state index in [1.165, 1.54) is 0 Å². The third kappa shape index (κ3) is 7.69. The SMILES string of the molecule is CCC(O)(O)c1ccccc1.O=C(O)/C=C/C(=O)O. The van der Waals surface area contributed by atoms with Crippen molar-refractivity contribution in [1.29, 1.82) is 0 Å². The summed E-state index contributed by atoms with van der Waals surface area (Å²) in [5, 5.41) is 34.3. The van der Waals surface area contributed by atoms with Crippen molar-refractivity contribution in [2.75, 3.05) is 0 Å². The standard InChI is InChI=1S/C9H12O2.C4H4O4/c1-2-9(10,11)8-6-4-3-5-7-8;5-3(6)1-2-4(7)8/h3-7,10-11H,2H2,1H3;1-2H,(H,5,6)(H,7,8)/b;2-1+. The number of aliphatic hydroxyl groups is 2. The first-order valence-corrected chi connectivity index (χ1v) is 5.43. The summed E-state index contributed by atoms with van der Waals surface area (Å²) in [5.41, 5.74) is 0.544. The Morgan fingerprint density at radius 2 is 1.47 bits per heavy atom. The molecule has 0 saturated carbocycles. The minimum Gasteiger partial charge on any atom is -0.478 e. The summed E-state index contributed by atoms with van der Waals surface area (Å²) in [5.74, 6) is -4.18. The molecule has 0 aliphatic heterocycles. The highest BCUT2D eigenvalue weighted by Gasteiger charge is 2.21. The van der Waals surface area contributed by atoms with Gasteiger partial charge in [0.2, 0.25) is 0 Å². The van der Waals surface area contributed by atoms with E-state index >= 15 is 0 Å². The van der Waals surface area contributed by atoms with Crippen molar-refractivity contribution in [3.63, 3.8) is 0 Å². The predicted octanol–water partition coefficient (Wildman–Crippen LogP) is 0.946. The summed E-state index contributed by atoms with van der Waals surface area (Å²) >= 11 is 0. The molecule has 0 aromatic heterocycles. The van der Waals surface area contributed by atoms with Crippen molar-refractivity contribution >= 4 is 11.9 Å². The first kappa shape index (κ1) is 16.8. The van der Waals surface area contributed by atoms with E-state index in [-0.39, 0.29) is 0 Å². The second-order valence-corrected chi connectivity index (χ2v) is 3.55. The molecule has 0 heterocycles. The molecule has 0 bridgehead atoms. The van der Waals surface area contributed by atoms with Crippen LogP contribution in [-0.4, -0.2) is 32.4 Å². The third-order valence-electron chi connectivity index (χ3n) is 2.10.